The molecule has 2 nitrogen and oxygen atoms in total. The second kappa shape index (κ2) is 4.12. The number of hydrogen-bond acceptors (Lipinski definition) is 3. The number of nitrogens with zero attached hydrogens (tertiary/aromatic N) is 2. The van der Waals surface area contributed by atoms with Crippen molar-refractivity contribution < 1.29 is 0 Å². The summed E-state index contributed by atoms with van der Waals surface area (Å²) >= 11 is 3.86. The highest BCUT2D eigenvalue weighted by Crippen LogP contribution is 2.43. The number of aromatic nitrogens is 2. The Labute approximate surface area is 125 Å². The summed E-state index contributed by atoms with van der Waals surface area (Å²) in [4.78, 5) is 9.12. The molecule has 2 aromatic heterocycles. The van der Waals surface area contributed by atoms with Crippen LogP contribution in [-0.4, -0.2) is 9.38 Å². The second-order valence-corrected chi connectivity index (χ2v) is 7.57. The summed E-state index contributed by atoms with van der Waals surface area (Å²) in [6, 6.07) is 8.67. The topological polar surface area (TPSA) is 17.3 Å². The molecule has 5 rings (SSSR count). The molecule has 0 bridgehead atoms. The van der Waals surface area contributed by atoms with E-state index < -0.39 is 0 Å². The van der Waals surface area contributed by atoms with Gasteiger partial charge in [-0.3, -0.25) is 4.40 Å². The van der Waals surface area contributed by atoms with Crippen LogP contribution in [0.1, 0.15) is 29.1 Å². The van der Waals surface area contributed by atoms with Crippen LogP contribution >= 0.6 is 23.1 Å². The largest absolute Gasteiger partial charge is 0.290 e. The summed E-state index contributed by atoms with van der Waals surface area (Å²) in [5.74, 6) is 1.05. The van der Waals surface area contributed by atoms with E-state index in [2.05, 4.69) is 28.7 Å². The van der Waals surface area contributed by atoms with E-state index in [-0.39, 0.29) is 0 Å². The predicted octanol–water partition coefficient (Wildman–Crippen LogP) is 4.55. The fraction of sp³-hybridized carbons (Fsp3) is 0.312. The molecule has 0 N–H and O–H groups in total. The molecule has 3 heterocycles. The van der Waals surface area contributed by atoms with Gasteiger partial charge in [-0.2, -0.15) is 0 Å². The summed E-state index contributed by atoms with van der Waals surface area (Å²) in [5, 5.41) is 0. The second-order valence-electron chi connectivity index (χ2n) is 5.49. The number of thiazole rings is 1. The Morgan fingerprint density at radius 3 is 2.95 bits per heavy atom. The molecule has 1 aromatic carbocycles. The van der Waals surface area contributed by atoms with Crippen molar-refractivity contribution in [3.05, 3.63) is 40.5 Å². The lowest BCUT2D eigenvalue weighted by Gasteiger charge is -2.17. The van der Waals surface area contributed by atoms with E-state index in [1.54, 1.807) is 10.6 Å². The molecule has 0 saturated heterocycles. The Hall–Kier alpha value is -1.26. The maximum Gasteiger partial charge on any atom is 0.194 e. The van der Waals surface area contributed by atoms with Gasteiger partial charge in [0.15, 0.2) is 4.96 Å². The molecule has 3 aromatic rings. The van der Waals surface area contributed by atoms with E-state index in [4.69, 9.17) is 4.98 Å². The Morgan fingerprint density at radius 2 is 1.95 bits per heavy atom. The number of aryl methyl sites for hydroxylation is 2. The molecule has 0 unspecified atom stereocenters. The van der Waals surface area contributed by atoms with Crippen molar-refractivity contribution in [1.82, 2.24) is 9.38 Å². The van der Waals surface area contributed by atoms with E-state index in [0.717, 1.165) is 5.75 Å². The van der Waals surface area contributed by atoms with Gasteiger partial charge in [0.1, 0.15) is 0 Å². The molecule has 100 valence electrons. The standard InChI is InChI=1S/C16H14N2S2/c1-3-7-13-10(5-1)15-12(9-19-13)18-11-6-2-4-8-14(11)20-16(18)17-15/h1,3,5,7H,2,4,6,8-9H2. The molecule has 4 heteroatoms. The van der Waals surface area contributed by atoms with E-state index in [1.165, 1.54) is 52.5 Å². The van der Waals surface area contributed by atoms with Crippen LogP contribution in [0.4, 0.5) is 0 Å². The van der Waals surface area contributed by atoms with Gasteiger partial charge in [-0.15, -0.1) is 23.1 Å². The molecule has 0 radical (unpaired) electrons. The zero-order valence-corrected chi connectivity index (χ0v) is 12.7. The van der Waals surface area contributed by atoms with Crippen molar-refractivity contribution in [3.8, 4) is 11.3 Å². The van der Waals surface area contributed by atoms with Crippen molar-refractivity contribution in [2.75, 3.05) is 0 Å². The maximum absolute atomic E-state index is 4.97. The first-order chi connectivity index (χ1) is 9.92. The first kappa shape index (κ1) is 11.4. The smallest absolute Gasteiger partial charge is 0.194 e. The van der Waals surface area contributed by atoms with Crippen molar-refractivity contribution in [2.45, 2.75) is 36.3 Å². The van der Waals surface area contributed by atoms with Crippen LogP contribution in [0.15, 0.2) is 29.2 Å². The van der Waals surface area contributed by atoms with Gasteiger partial charge in [0.05, 0.1) is 11.4 Å². The Morgan fingerprint density at radius 1 is 1.05 bits per heavy atom. The number of thioether (sulfide) groups is 1. The highest BCUT2D eigenvalue weighted by molar-refractivity contribution is 7.98. The average Bonchev–Trinajstić information content (AvgIpc) is 3.02. The highest BCUT2D eigenvalue weighted by atomic mass is 32.2. The van der Waals surface area contributed by atoms with E-state index in [1.807, 2.05) is 23.1 Å². The molecule has 0 saturated carbocycles. The number of fused-ring (bicyclic) bond motifs is 7. The fourth-order valence-electron chi connectivity index (χ4n) is 3.38. The third-order valence-electron chi connectivity index (χ3n) is 4.32. The third kappa shape index (κ3) is 1.44. The third-order valence-corrected chi connectivity index (χ3v) is 6.55. The molecule has 0 fully saturated rings. The van der Waals surface area contributed by atoms with Gasteiger partial charge in [0, 0.05) is 26.8 Å². The number of rotatable bonds is 0. The van der Waals surface area contributed by atoms with Crippen LogP contribution in [0.2, 0.25) is 0 Å². The summed E-state index contributed by atoms with van der Waals surface area (Å²) in [5.41, 5.74) is 5.51. The Balaban J connectivity index is 1.82. The summed E-state index contributed by atoms with van der Waals surface area (Å²) in [7, 11) is 0. The van der Waals surface area contributed by atoms with Crippen LogP contribution in [0.3, 0.4) is 0 Å². The monoisotopic (exact) mass is 298 g/mol. The lowest BCUT2D eigenvalue weighted by Crippen LogP contribution is -2.06. The van der Waals surface area contributed by atoms with E-state index in [9.17, 15) is 0 Å². The average molecular weight is 298 g/mol. The van der Waals surface area contributed by atoms with Crippen molar-refractivity contribution in [3.63, 3.8) is 0 Å². The minimum atomic E-state index is 1.05. The first-order valence-electron chi connectivity index (χ1n) is 7.16. The fourth-order valence-corrected chi connectivity index (χ4v) is 5.66. The van der Waals surface area contributed by atoms with Gasteiger partial charge in [-0.05, 0) is 31.7 Å². The molecule has 0 spiro atoms. The summed E-state index contributed by atoms with van der Waals surface area (Å²) < 4.78 is 2.47. The zero-order valence-electron chi connectivity index (χ0n) is 11.1. The van der Waals surface area contributed by atoms with Gasteiger partial charge >= 0.3 is 0 Å². The van der Waals surface area contributed by atoms with E-state index in [0.29, 0.717) is 0 Å². The van der Waals surface area contributed by atoms with Gasteiger partial charge in [-0.25, -0.2) is 4.98 Å². The molecule has 1 aliphatic carbocycles. The maximum atomic E-state index is 4.97. The van der Waals surface area contributed by atoms with Crippen molar-refractivity contribution >= 4 is 28.1 Å². The van der Waals surface area contributed by atoms with Crippen LogP contribution < -0.4 is 0 Å². The van der Waals surface area contributed by atoms with Crippen molar-refractivity contribution in [1.29, 1.82) is 0 Å². The summed E-state index contributed by atoms with van der Waals surface area (Å²) in [6.07, 6.45) is 5.15. The lowest BCUT2D eigenvalue weighted by atomic mass is 10.0. The predicted molar refractivity (Wildman–Crippen MR) is 84.7 cm³/mol. The summed E-state index contributed by atoms with van der Waals surface area (Å²) in [6.45, 7) is 0. The number of hydrogen-bond donors (Lipinski definition) is 0. The molecule has 0 atom stereocenters. The van der Waals surface area contributed by atoms with Gasteiger partial charge in [0.25, 0.3) is 0 Å². The first-order valence-corrected chi connectivity index (χ1v) is 8.96. The van der Waals surface area contributed by atoms with Gasteiger partial charge in [0.2, 0.25) is 0 Å². The molecule has 20 heavy (non-hydrogen) atoms. The minimum Gasteiger partial charge on any atom is -0.290 e. The van der Waals surface area contributed by atoms with Gasteiger partial charge < -0.3 is 0 Å². The van der Waals surface area contributed by atoms with Crippen molar-refractivity contribution in [2.24, 2.45) is 0 Å². The molecule has 2 aliphatic rings. The number of benzene rings is 1. The Bertz CT molecular complexity index is 828. The normalized spacial score (nSPS) is 16.8. The minimum absolute atomic E-state index is 1.05. The highest BCUT2D eigenvalue weighted by Gasteiger charge is 2.26. The molecular weight excluding hydrogens is 284 g/mol. The van der Waals surface area contributed by atoms with Crippen LogP contribution in [0, 0.1) is 0 Å². The molecule has 1 aliphatic heterocycles. The Kier molecular flexibility index (Phi) is 2.35. The van der Waals surface area contributed by atoms with E-state index >= 15 is 0 Å². The van der Waals surface area contributed by atoms with Crippen LogP contribution in [0.5, 0.6) is 0 Å². The molecule has 0 amide bonds. The lowest BCUT2D eigenvalue weighted by molar-refractivity contribution is 0.672. The van der Waals surface area contributed by atoms with Crippen LogP contribution in [0.25, 0.3) is 16.2 Å². The van der Waals surface area contributed by atoms with Crippen LogP contribution in [-0.2, 0) is 18.6 Å². The quantitative estimate of drug-likeness (QED) is 0.606. The number of imidazole rings is 1. The SMILES string of the molecule is c1ccc2c(c1)SCc1c-2nc2sc3c(n12)CCCC3. The molecular formula is C16H14N2S2. The zero-order chi connectivity index (χ0) is 13.1. The van der Waals surface area contributed by atoms with Gasteiger partial charge in [-0.1, -0.05) is 18.2 Å².